The van der Waals surface area contributed by atoms with Crippen LogP contribution in [0.25, 0.3) is 0 Å². The van der Waals surface area contributed by atoms with Gasteiger partial charge in [0.05, 0.1) is 0 Å². The number of piperidine rings is 1. The fraction of sp³-hybridized carbons (Fsp3) is 0.889. The van der Waals surface area contributed by atoms with Crippen molar-refractivity contribution in [2.24, 2.45) is 0 Å². The molecule has 2 nitrogen and oxygen atoms in total. The zero-order valence-corrected chi connectivity index (χ0v) is 7.34. The maximum absolute atomic E-state index is 9.76. The molecular formula is C9H18NO. The van der Waals surface area contributed by atoms with Crippen molar-refractivity contribution in [2.75, 3.05) is 13.1 Å². The van der Waals surface area contributed by atoms with Gasteiger partial charge in [0.15, 0.2) is 0 Å². The van der Waals surface area contributed by atoms with Gasteiger partial charge in [-0.25, -0.2) is 0 Å². The Bertz CT molecular complexity index is 117. The van der Waals surface area contributed by atoms with Gasteiger partial charge in [-0.1, -0.05) is 13.3 Å². The molecule has 0 aromatic heterocycles. The van der Waals surface area contributed by atoms with Gasteiger partial charge >= 0.3 is 0 Å². The third-order valence-electron chi connectivity index (χ3n) is 2.51. The van der Waals surface area contributed by atoms with Crippen molar-refractivity contribution in [3.63, 3.8) is 0 Å². The van der Waals surface area contributed by atoms with Crippen LogP contribution in [0.2, 0.25) is 0 Å². The monoisotopic (exact) mass is 156 g/mol. The summed E-state index contributed by atoms with van der Waals surface area (Å²) >= 11 is 0. The van der Waals surface area contributed by atoms with Gasteiger partial charge in [-0.2, -0.15) is 0 Å². The minimum absolute atomic E-state index is 0.715. The van der Waals surface area contributed by atoms with Gasteiger partial charge in [0.2, 0.25) is 0 Å². The molecule has 0 bridgehead atoms. The van der Waals surface area contributed by atoms with Crippen molar-refractivity contribution in [1.82, 2.24) is 4.90 Å². The van der Waals surface area contributed by atoms with E-state index in [1.807, 2.05) is 6.92 Å². The smallest absolute Gasteiger partial charge is 0.118 e. The molecule has 1 N–H and O–H groups in total. The Morgan fingerprint density at radius 3 is 2.36 bits per heavy atom. The molecule has 1 rings (SSSR count). The van der Waals surface area contributed by atoms with Crippen LogP contribution >= 0.6 is 0 Å². The quantitative estimate of drug-likeness (QED) is 0.653. The Balaban J connectivity index is 2.43. The molecule has 0 aromatic rings. The molecule has 0 spiro atoms. The maximum Gasteiger partial charge on any atom is 0.118 e. The van der Waals surface area contributed by atoms with Crippen LogP contribution in [0.4, 0.5) is 0 Å². The second-order valence-electron chi connectivity index (χ2n) is 3.38. The normalized spacial score (nSPS) is 26.5. The summed E-state index contributed by atoms with van der Waals surface area (Å²) in [5.41, 5.74) is -0.805. The number of rotatable bonds is 2. The molecule has 0 amide bonds. The van der Waals surface area contributed by atoms with Gasteiger partial charge in [-0.15, -0.1) is 0 Å². The Hall–Kier alpha value is -0.0800. The topological polar surface area (TPSA) is 23.5 Å². The highest BCUT2D eigenvalue weighted by Gasteiger charge is 2.27. The molecule has 1 atom stereocenters. The molecule has 0 aromatic carbocycles. The molecular weight excluding hydrogens is 138 g/mol. The van der Waals surface area contributed by atoms with Crippen LogP contribution in [0.5, 0.6) is 0 Å². The van der Waals surface area contributed by atoms with Crippen molar-refractivity contribution in [3.8, 4) is 0 Å². The number of hydrogen-bond acceptors (Lipinski definition) is 2. The van der Waals surface area contributed by atoms with E-state index in [1.165, 1.54) is 19.3 Å². The lowest BCUT2D eigenvalue weighted by Gasteiger charge is -2.38. The molecule has 65 valence electrons. The predicted molar refractivity (Wildman–Crippen MR) is 46.0 cm³/mol. The molecule has 0 saturated carbocycles. The molecule has 0 aliphatic carbocycles. The molecule has 1 aliphatic heterocycles. The molecule has 1 aliphatic rings. The van der Waals surface area contributed by atoms with E-state index in [0.717, 1.165) is 13.1 Å². The summed E-state index contributed by atoms with van der Waals surface area (Å²) in [6.45, 7) is 7.78. The Kier molecular flexibility index (Phi) is 2.90. The van der Waals surface area contributed by atoms with Crippen LogP contribution in [0.1, 0.15) is 32.6 Å². The average Bonchev–Trinajstić information content (AvgIpc) is 2.06. The summed E-state index contributed by atoms with van der Waals surface area (Å²) in [5.74, 6) is 0. The summed E-state index contributed by atoms with van der Waals surface area (Å²) in [5, 5.41) is 9.76. The van der Waals surface area contributed by atoms with Gasteiger partial charge < -0.3 is 5.11 Å². The predicted octanol–water partition coefficient (Wildman–Crippen LogP) is 1.40. The van der Waals surface area contributed by atoms with Gasteiger partial charge in [0.1, 0.15) is 5.72 Å². The lowest BCUT2D eigenvalue weighted by molar-refractivity contribution is -0.0816. The third-order valence-corrected chi connectivity index (χ3v) is 2.51. The number of hydrogen-bond donors (Lipinski definition) is 1. The summed E-state index contributed by atoms with van der Waals surface area (Å²) in [4.78, 5) is 2.08. The third kappa shape index (κ3) is 2.17. The number of aliphatic hydroxyl groups is 1. The second kappa shape index (κ2) is 3.55. The summed E-state index contributed by atoms with van der Waals surface area (Å²) in [6, 6.07) is 0. The Labute approximate surface area is 69.2 Å². The van der Waals surface area contributed by atoms with Crippen molar-refractivity contribution in [3.05, 3.63) is 6.92 Å². The van der Waals surface area contributed by atoms with Crippen LogP contribution in [0.3, 0.4) is 0 Å². The summed E-state index contributed by atoms with van der Waals surface area (Å²) in [6.07, 6.45) is 4.43. The first kappa shape index (κ1) is 9.01. The van der Waals surface area contributed by atoms with Crippen molar-refractivity contribution >= 4 is 0 Å². The van der Waals surface area contributed by atoms with E-state index in [9.17, 15) is 5.11 Å². The number of likely N-dealkylation sites (tertiary alicyclic amines) is 1. The van der Waals surface area contributed by atoms with Crippen LogP contribution in [0, 0.1) is 6.92 Å². The zero-order chi connectivity index (χ0) is 8.32. The molecule has 1 saturated heterocycles. The Morgan fingerprint density at radius 2 is 1.91 bits per heavy atom. The van der Waals surface area contributed by atoms with E-state index in [4.69, 9.17) is 0 Å². The SMILES string of the molecule is [CH2]C(O)(CC)N1CCCCC1. The standard InChI is InChI=1S/C9H18NO/c1-3-9(2,11)10-7-5-4-6-8-10/h11H,2-8H2,1H3. The van der Waals surface area contributed by atoms with E-state index in [0.29, 0.717) is 6.42 Å². The highest BCUT2D eigenvalue weighted by Crippen LogP contribution is 2.20. The van der Waals surface area contributed by atoms with Crippen LogP contribution in [0.15, 0.2) is 0 Å². The fourth-order valence-electron chi connectivity index (χ4n) is 1.53. The first-order valence-electron chi connectivity index (χ1n) is 4.49. The van der Waals surface area contributed by atoms with Gasteiger partial charge in [-0.3, -0.25) is 4.90 Å². The first-order chi connectivity index (χ1) is 5.17. The molecule has 1 heterocycles. The minimum Gasteiger partial charge on any atom is -0.376 e. The van der Waals surface area contributed by atoms with Crippen LogP contribution in [-0.2, 0) is 0 Å². The van der Waals surface area contributed by atoms with E-state index in [-0.39, 0.29) is 0 Å². The lowest BCUT2D eigenvalue weighted by atomic mass is 10.1. The minimum atomic E-state index is -0.805. The van der Waals surface area contributed by atoms with E-state index < -0.39 is 5.72 Å². The molecule has 2 heteroatoms. The average molecular weight is 156 g/mol. The Morgan fingerprint density at radius 1 is 1.36 bits per heavy atom. The van der Waals surface area contributed by atoms with E-state index in [2.05, 4.69) is 11.8 Å². The van der Waals surface area contributed by atoms with Crippen molar-refractivity contribution < 1.29 is 5.11 Å². The van der Waals surface area contributed by atoms with Gasteiger partial charge in [0, 0.05) is 13.1 Å². The molecule has 11 heavy (non-hydrogen) atoms. The zero-order valence-electron chi connectivity index (χ0n) is 7.34. The lowest BCUT2D eigenvalue weighted by Crippen LogP contribution is -2.48. The summed E-state index contributed by atoms with van der Waals surface area (Å²) < 4.78 is 0. The first-order valence-corrected chi connectivity index (χ1v) is 4.49. The summed E-state index contributed by atoms with van der Waals surface area (Å²) in [7, 11) is 0. The van der Waals surface area contributed by atoms with E-state index >= 15 is 0 Å². The van der Waals surface area contributed by atoms with Crippen molar-refractivity contribution in [1.29, 1.82) is 0 Å². The maximum atomic E-state index is 9.76. The van der Waals surface area contributed by atoms with Gasteiger partial charge in [-0.05, 0) is 26.2 Å². The van der Waals surface area contributed by atoms with Crippen LogP contribution in [-0.4, -0.2) is 28.8 Å². The highest BCUT2D eigenvalue weighted by molar-refractivity contribution is 4.82. The highest BCUT2D eigenvalue weighted by atomic mass is 16.3. The van der Waals surface area contributed by atoms with Crippen LogP contribution < -0.4 is 0 Å². The molecule has 1 fully saturated rings. The second-order valence-corrected chi connectivity index (χ2v) is 3.38. The van der Waals surface area contributed by atoms with E-state index in [1.54, 1.807) is 0 Å². The fourth-order valence-corrected chi connectivity index (χ4v) is 1.53. The van der Waals surface area contributed by atoms with Crippen molar-refractivity contribution in [2.45, 2.75) is 38.3 Å². The molecule has 1 unspecified atom stereocenters. The largest absolute Gasteiger partial charge is 0.376 e. The number of nitrogens with zero attached hydrogens (tertiary/aromatic N) is 1. The van der Waals surface area contributed by atoms with Gasteiger partial charge in [0.25, 0.3) is 0 Å². The molecule has 1 radical (unpaired) electrons.